The van der Waals surface area contributed by atoms with Gasteiger partial charge in [0.2, 0.25) is 0 Å². The third kappa shape index (κ3) is 16.1. The Kier molecular flexibility index (Phi) is 21.3. The van der Waals surface area contributed by atoms with Crippen molar-refractivity contribution in [2.45, 2.75) is 194 Å². The molecule has 0 amide bonds. The number of nitrogens with two attached hydrogens (primary N) is 2. The molecule has 0 spiro atoms. The SMILES string of the molecule is CCCCCCCCCC(c1ccc(CCCCCCCCc2ccc(C(CCCCCCCCC)c3ccc(N)cc3C)cc2)cc1)c1ccc(N)cc1C. The van der Waals surface area contributed by atoms with Crippen LogP contribution in [0.25, 0.3) is 0 Å². The molecule has 2 unspecified atom stereocenters. The minimum Gasteiger partial charge on any atom is -0.399 e. The summed E-state index contributed by atoms with van der Waals surface area (Å²) in [5.41, 5.74) is 25.4. The normalized spacial score (nSPS) is 12.6. The van der Waals surface area contributed by atoms with Crippen molar-refractivity contribution in [3.63, 3.8) is 0 Å². The van der Waals surface area contributed by atoms with Gasteiger partial charge in [-0.05, 0) is 121 Å². The Balaban J connectivity index is 1.17. The van der Waals surface area contributed by atoms with Gasteiger partial charge in [0.05, 0.1) is 0 Å². The fourth-order valence-electron chi connectivity index (χ4n) is 8.99. The van der Waals surface area contributed by atoms with Gasteiger partial charge in [-0.2, -0.15) is 0 Å². The van der Waals surface area contributed by atoms with E-state index in [1.165, 1.54) is 199 Å². The third-order valence-electron chi connectivity index (χ3n) is 12.5. The van der Waals surface area contributed by atoms with Crippen molar-refractivity contribution in [3.8, 4) is 0 Å². The average molecular weight is 757 g/mol. The van der Waals surface area contributed by atoms with Crippen LogP contribution in [0.2, 0.25) is 0 Å². The fraction of sp³-hybridized carbons (Fsp3) is 0.556. The van der Waals surface area contributed by atoms with Crippen molar-refractivity contribution in [1.82, 2.24) is 0 Å². The number of rotatable bonds is 29. The Morgan fingerprint density at radius 3 is 1.04 bits per heavy atom. The monoisotopic (exact) mass is 757 g/mol. The first-order valence-corrected chi connectivity index (χ1v) is 23.3. The maximum absolute atomic E-state index is 6.14. The highest BCUT2D eigenvalue weighted by molar-refractivity contribution is 5.49. The molecular formula is C54H80N2. The lowest BCUT2D eigenvalue weighted by molar-refractivity contribution is 0.558. The first kappa shape index (κ1) is 45.2. The number of aryl methyl sites for hydroxylation is 4. The number of anilines is 2. The van der Waals surface area contributed by atoms with E-state index in [1.807, 2.05) is 0 Å². The van der Waals surface area contributed by atoms with Gasteiger partial charge in [0.15, 0.2) is 0 Å². The Labute approximate surface area is 344 Å². The Morgan fingerprint density at radius 1 is 0.375 bits per heavy atom. The van der Waals surface area contributed by atoms with Crippen LogP contribution >= 0.6 is 0 Å². The van der Waals surface area contributed by atoms with Gasteiger partial charge in [-0.15, -0.1) is 0 Å². The molecule has 2 nitrogen and oxygen atoms in total. The lowest BCUT2D eigenvalue weighted by Crippen LogP contribution is -2.05. The van der Waals surface area contributed by atoms with Crippen molar-refractivity contribution in [1.29, 1.82) is 0 Å². The van der Waals surface area contributed by atoms with Crippen LogP contribution < -0.4 is 11.5 Å². The molecule has 0 aliphatic rings. The quantitative estimate of drug-likeness (QED) is 0.0428. The topological polar surface area (TPSA) is 52.0 Å². The molecule has 4 aromatic rings. The van der Waals surface area contributed by atoms with Crippen LogP contribution in [0.5, 0.6) is 0 Å². The van der Waals surface area contributed by atoms with E-state index >= 15 is 0 Å². The van der Waals surface area contributed by atoms with Crippen molar-refractivity contribution >= 4 is 11.4 Å². The largest absolute Gasteiger partial charge is 0.399 e. The van der Waals surface area contributed by atoms with E-state index in [2.05, 4.69) is 113 Å². The third-order valence-corrected chi connectivity index (χ3v) is 12.5. The Bertz CT molecular complexity index is 1490. The summed E-state index contributed by atoms with van der Waals surface area (Å²) in [6, 6.07) is 32.3. The maximum atomic E-state index is 6.14. The van der Waals surface area contributed by atoms with Crippen molar-refractivity contribution in [2.24, 2.45) is 0 Å². The minimum atomic E-state index is 0.453. The van der Waals surface area contributed by atoms with Gasteiger partial charge >= 0.3 is 0 Å². The van der Waals surface area contributed by atoms with Gasteiger partial charge in [0, 0.05) is 23.2 Å². The molecule has 4 aromatic carbocycles. The molecule has 306 valence electrons. The first-order chi connectivity index (χ1) is 27.4. The summed E-state index contributed by atoms with van der Waals surface area (Å²) in [5, 5.41) is 0. The summed E-state index contributed by atoms with van der Waals surface area (Å²) in [5.74, 6) is 0.905. The van der Waals surface area contributed by atoms with Crippen LogP contribution in [0.3, 0.4) is 0 Å². The van der Waals surface area contributed by atoms with E-state index in [1.54, 1.807) is 0 Å². The molecule has 4 rings (SSSR count). The second-order valence-corrected chi connectivity index (χ2v) is 17.3. The molecule has 0 aliphatic heterocycles. The molecule has 0 bridgehead atoms. The summed E-state index contributed by atoms with van der Waals surface area (Å²) in [6.07, 6.45) is 31.6. The summed E-state index contributed by atoms with van der Waals surface area (Å²) in [4.78, 5) is 0. The molecular weight excluding hydrogens is 677 g/mol. The van der Waals surface area contributed by atoms with Gasteiger partial charge in [-0.3, -0.25) is 0 Å². The van der Waals surface area contributed by atoms with Crippen LogP contribution in [0.1, 0.15) is 211 Å². The highest BCUT2D eigenvalue weighted by Crippen LogP contribution is 2.35. The Hall–Kier alpha value is -3.52. The number of unbranched alkanes of at least 4 members (excludes halogenated alkanes) is 17. The molecule has 2 atom stereocenters. The standard InChI is InChI=1S/C54H80N2/c1-5-7-9-11-13-19-23-27-53(51-39-37-49(55)41-43(51)3)47-33-29-45(30-34-47)25-21-17-15-16-18-22-26-46-31-35-48(36-32-46)54(28-24-20-14-12-10-8-6-2)52-40-38-50(56)42-44(52)4/h29-42,53-54H,5-28,55-56H2,1-4H3. The van der Waals surface area contributed by atoms with E-state index < -0.39 is 0 Å². The molecule has 0 aliphatic carbocycles. The van der Waals surface area contributed by atoms with E-state index in [4.69, 9.17) is 11.5 Å². The van der Waals surface area contributed by atoms with E-state index in [-0.39, 0.29) is 0 Å². The van der Waals surface area contributed by atoms with Gasteiger partial charge in [-0.1, -0.05) is 190 Å². The van der Waals surface area contributed by atoms with Gasteiger partial charge in [-0.25, -0.2) is 0 Å². The zero-order chi connectivity index (χ0) is 39.8. The minimum absolute atomic E-state index is 0.453. The zero-order valence-corrected chi connectivity index (χ0v) is 36.4. The highest BCUT2D eigenvalue weighted by atomic mass is 14.5. The second kappa shape index (κ2) is 26.4. The molecule has 0 heterocycles. The number of hydrogen-bond donors (Lipinski definition) is 2. The summed E-state index contributed by atoms with van der Waals surface area (Å²) < 4.78 is 0. The molecule has 0 saturated heterocycles. The zero-order valence-electron chi connectivity index (χ0n) is 36.4. The fourth-order valence-corrected chi connectivity index (χ4v) is 8.99. The van der Waals surface area contributed by atoms with E-state index in [0.29, 0.717) is 11.8 Å². The number of hydrogen-bond acceptors (Lipinski definition) is 2. The van der Waals surface area contributed by atoms with Crippen molar-refractivity contribution in [3.05, 3.63) is 129 Å². The second-order valence-electron chi connectivity index (χ2n) is 17.3. The molecule has 0 saturated carbocycles. The average Bonchev–Trinajstić information content (AvgIpc) is 3.19. The highest BCUT2D eigenvalue weighted by Gasteiger charge is 2.18. The van der Waals surface area contributed by atoms with Crippen molar-refractivity contribution in [2.75, 3.05) is 11.5 Å². The summed E-state index contributed by atoms with van der Waals surface area (Å²) in [7, 11) is 0. The van der Waals surface area contributed by atoms with Gasteiger partial charge in [0.1, 0.15) is 0 Å². The molecule has 2 heteroatoms. The maximum Gasteiger partial charge on any atom is 0.0316 e. The number of nitrogen functional groups attached to an aromatic ring is 2. The van der Waals surface area contributed by atoms with Gasteiger partial charge in [0.25, 0.3) is 0 Å². The predicted molar refractivity (Wildman–Crippen MR) is 248 cm³/mol. The first-order valence-electron chi connectivity index (χ1n) is 23.3. The predicted octanol–water partition coefficient (Wildman–Crippen LogP) is 16.1. The molecule has 0 radical (unpaired) electrons. The Morgan fingerprint density at radius 2 is 0.696 bits per heavy atom. The van der Waals surface area contributed by atoms with E-state index in [9.17, 15) is 0 Å². The molecule has 4 N–H and O–H groups in total. The summed E-state index contributed by atoms with van der Waals surface area (Å²) >= 11 is 0. The lowest BCUT2D eigenvalue weighted by Gasteiger charge is -2.21. The van der Waals surface area contributed by atoms with Crippen molar-refractivity contribution < 1.29 is 0 Å². The molecule has 0 fully saturated rings. The van der Waals surface area contributed by atoms with Crippen LogP contribution in [-0.4, -0.2) is 0 Å². The van der Waals surface area contributed by atoms with Crippen LogP contribution in [0.15, 0.2) is 84.9 Å². The smallest absolute Gasteiger partial charge is 0.0316 e. The van der Waals surface area contributed by atoms with Crippen LogP contribution in [0.4, 0.5) is 11.4 Å². The van der Waals surface area contributed by atoms with E-state index in [0.717, 1.165) is 11.4 Å². The lowest BCUT2D eigenvalue weighted by atomic mass is 9.84. The van der Waals surface area contributed by atoms with Gasteiger partial charge < -0.3 is 11.5 Å². The van der Waals surface area contributed by atoms with Crippen LogP contribution in [-0.2, 0) is 12.8 Å². The molecule has 0 aromatic heterocycles. The summed E-state index contributed by atoms with van der Waals surface area (Å²) in [6.45, 7) is 9.05. The van der Waals surface area contributed by atoms with Crippen LogP contribution in [0, 0.1) is 13.8 Å². The molecule has 56 heavy (non-hydrogen) atoms. The number of benzene rings is 4.